The molecule has 2 N–H and O–H groups in total. The normalized spacial score (nSPS) is 27.6. The summed E-state index contributed by atoms with van der Waals surface area (Å²) in [5, 5.41) is 0. The van der Waals surface area contributed by atoms with Crippen molar-refractivity contribution in [1.29, 1.82) is 0 Å². The van der Waals surface area contributed by atoms with Gasteiger partial charge in [0.15, 0.2) is 11.5 Å². The number of fused-ring (bicyclic) bond motifs is 1. The zero-order valence-electron chi connectivity index (χ0n) is 12.3. The van der Waals surface area contributed by atoms with E-state index in [2.05, 4.69) is 30.9 Å². The zero-order valence-corrected chi connectivity index (χ0v) is 12.3. The predicted molar refractivity (Wildman–Crippen MR) is 78.9 cm³/mol. The molecule has 1 fully saturated rings. The van der Waals surface area contributed by atoms with Crippen LogP contribution in [0.5, 0.6) is 11.5 Å². The maximum atomic E-state index is 6.00. The summed E-state index contributed by atoms with van der Waals surface area (Å²) in [6, 6.07) is 7.11. The van der Waals surface area contributed by atoms with Gasteiger partial charge in [0.05, 0.1) is 0 Å². The monoisotopic (exact) mass is 276 g/mol. The molecule has 2 aliphatic rings. The smallest absolute Gasteiger partial charge is 0.231 e. The van der Waals surface area contributed by atoms with Crippen molar-refractivity contribution in [3.63, 3.8) is 0 Å². The lowest BCUT2D eigenvalue weighted by Gasteiger charge is -2.43. The molecular weight excluding hydrogens is 252 g/mol. The summed E-state index contributed by atoms with van der Waals surface area (Å²) in [5.74, 6) is 2.39. The van der Waals surface area contributed by atoms with Gasteiger partial charge in [-0.3, -0.25) is 4.90 Å². The van der Waals surface area contributed by atoms with Crippen LogP contribution >= 0.6 is 0 Å². The predicted octanol–water partition coefficient (Wildman–Crippen LogP) is 2.54. The topological polar surface area (TPSA) is 47.7 Å². The molecule has 0 bridgehead atoms. The molecule has 3 atom stereocenters. The largest absolute Gasteiger partial charge is 0.454 e. The lowest BCUT2D eigenvalue weighted by Crippen LogP contribution is -2.49. The Morgan fingerprint density at radius 3 is 2.95 bits per heavy atom. The minimum absolute atomic E-state index is 0.333. The van der Waals surface area contributed by atoms with Crippen LogP contribution < -0.4 is 15.2 Å². The molecular formula is C16H24N2O2. The lowest BCUT2D eigenvalue weighted by atomic mass is 9.88. The van der Waals surface area contributed by atoms with Crippen molar-refractivity contribution < 1.29 is 9.47 Å². The molecule has 1 saturated heterocycles. The zero-order chi connectivity index (χ0) is 14.1. The van der Waals surface area contributed by atoms with Gasteiger partial charge in [-0.1, -0.05) is 13.0 Å². The van der Waals surface area contributed by atoms with Crippen LogP contribution in [0.3, 0.4) is 0 Å². The van der Waals surface area contributed by atoms with Gasteiger partial charge in [0.25, 0.3) is 0 Å². The van der Waals surface area contributed by atoms with Gasteiger partial charge in [-0.25, -0.2) is 0 Å². The Bertz CT molecular complexity index is 478. The van der Waals surface area contributed by atoms with E-state index in [9.17, 15) is 0 Å². The van der Waals surface area contributed by atoms with Crippen molar-refractivity contribution in [1.82, 2.24) is 4.90 Å². The molecule has 2 aliphatic heterocycles. The first-order chi connectivity index (χ1) is 9.70. The first kappa shape index (κ1) is 13.7. The first-order valence-electron chi connectivity index (χ1n) is 7.56. The number of hydrogen-bond acceptors (Lipinski definition) is 4. The third kappa shape index (κ3) is 2.38. The van der Waals surface area contributed by atoms with Gasteiger partial charge in [0.2, 0.25) is 6.79 Å². The SMILES string of the molecule is CC1CCCN(C(C)c2ccc3c(c2)OCO3)C1CN. The fourth-order valence-corrected chi connectivity index (χ4v) is 3.49. The van der Waals surface area contributed by atoms with Crippen molar-refractivity contribution in [2.75, 3.05) is 19.9 Å². The van der Waals surface area contributed by atoms with E-state index in [-0.39, 0.29) is 0 Å². The van der Waals surface area contributed by atoms with Crippen LogP contribution in [0.1, 0.15) is 38.3 Å². The Balaban J connectivity index is 1.82. The molecule has 20 heavy (non-hydrogen) atoms. The second-order valence-electron chi connectivity index (χ2n) is 5.95. The Kier molecular flexibility index (Phi) is 3.85. The molecule has 0 saturated carbocycles. The van der Waals surface area contributed by atoms with Gasteiger partial charge in [0, 0.05) is 18.6 Å². The van der Waals surface area contributed by atoms with Gasteiger partial charge in [-0.05, 0) is 49.9 Å². The van der Waals surface area contributed by atoms with Crippen LogP contribution in [0.2, 0.25) is 0 Å². The summed E-state index contributed by atoms with van der Waals surface area (Å²) >= 11 is 0. The van der Waals surface area contributed by atoms with Gasteiger partial charge in [0.1, 0.15) is 0 Å². The lowest BCUT2D eigenvalue weighted by molar-refractivity contribution is 0.0689. The summed E-state index contributed by atoms with van der Waals surface area (Å²) in [5.41, 5.74) is 7.28. The van der Waals surface area contributed by atoms with Crippen molar-refractivity contribution in [2.24, 2.45) is 11.7 Å². The van der Waals surface area contributed by atoms with Crippen molar-refractivity contribution in [2.45, 2.75) is 38.8 Å². The quantitative estimate of drug-likeness (QED) is 0.921. The van der Waals surface area contributed by atoms with E-state index in [1.54, 1.807) is 0 Å². The number of piperidine rings is 1. The highest BCUT2D eigenvalue weighted by Gasteiger charge is 2.31. The van der Waals surface area contributed by atoms with Gasteiger partial charge in [-0.2, -0.15) is 0 Å². The fraction of sp³-hybridized carbons (Fsp3) is 0.625. The highest BCUT2D eigenvalue weighted by Crippen LogP contribution is 2.37. The number of nitrogens with two attached hydrogens (primary N) is 1. The first-order valence-corrected chi connectivity index (χ1v) is 7.56. The molecule has 0 aliphatic carbocycles. The van der Waals surface area contributed by atoms with Crippen LogP contribution in [0, 0.1) is 5.92 Å². The third-order valence-corrected chi connectivity index (χ3v) is 4.78. The summed E-state index contributed by atoms with van der Waals surface area (Å²) < 4.78 is 10.9. The number of hydrogen-bond donors (Lipinski definition) is 1. The van der Waals surface area contributed by atoms with Crippen LogP contribution in [0.25, 0.3) is 0 Å². The number of nitrogens with zero attached hydrogens (tertiary/aromatic N) is 1. The molecule has 3 rings (SSSR count). The molecule has 2 heterocycles. The minimum atomic E-state index is 0.333. The third-order valence-electron chi connectivity index (χ3n) is 4.78. The fourth-order valence-electron chi connectivity index (χ4n) is 3.49. The standard InChI is InChI=1S/C16H24N2O2/c1-11-4-3-7-18(14(11)9-17)12(2)13-5-6-15-16(8-13)20-10-19-15/h5-6,8,11-12,14H,3-4,7,9-10,17H2,1-2H3. The van der Waals surface area contributed by atoms with Gasteiger partial charge >= 0.3 is 0 Å². The molecule has 1 aromatic carbocycles. The second-order valence-corrected chi connectivity index (χ2v) is 5.95. The highest BCUT2D eigenvalue weighted by atomic mass is 16.7. The Morgan fingerprint density at radius 1 is 1.35 bits per heavy atom. The maximum absolute atomic E-state index is 6.00. The number of rotatable bonds is 3. The molecule has 0 radical (unpaired) electrons. The highest BCUT2D eigenvalue weighted by molar-refractivity contribution is 5.45. The minimum Gasteiger partial charge on any atom is -0.454 e. The molecule has 0 aromatic heterocycles. The molecule has 4 heteroatoms. The number of likely N-dealkylation sites (tertiary alicyclic amines) is 1. The van der Waals surface area contributed by atoms with E-state index in [0.29, 0.717) is 24.8 Å². The van der Waals surface area contributed by atoms with E-state index in [1.165, 1.54) is 18.4 Å². The number of ether oxygens (including phenoxy) is 2. The number of benzene rings is 1. The van der Waals surface area contributed by atoms with Crippen molar-refractivity contribution >= 4 is 0 Å². The Morgan fingerprint density at radius 2 is 2.15 bits per heavy atom. The van der Waals surface area contributed by atoms with Crippen molar-refractivity contribution in [3.8, 4) is 11.5 Å². The Labute approximate surface area is 120 Å². The maximum Gasteiger partial charge on any atom is 0.231 e. The van der Waals surface area contributed by atoms with E-state index in [1.807, 2.05) is 6.07 Å². The van der Waals surface area contributed by atoms with Crippen LogP contribution in [-0.2, 0) is 0 Å². The summed E-state index contributed by atoms with van der Waals surface area (Å²) in [7, 11) is 0. The molecule has 0 amide bonds. The van der Waals surface area contributed by atoms with Gasteiger partial charge in [-0.15, -0.1) is 0 Å². The van der Waals surface area contributed by atoms with E-state index in [0.717, 1.165) is 24.6 Å². The Hall–Kier alpha value is -1.26. The van der Waals surface area contributed by atoms with E-state index in [4.69, 9.17) is 15.2 Å². The second kappa shape index (κ2) is 5.62. The molecule has 0 spiro atoms. The average molecular weight is 276 g/mol. The summed E-state index contributed by atoms with van der Waals surface area (Å²) in [6.07, 6.45) is 2.54. The molecule has 4 nitrogen and oxygen atoms in total. The van der Waals surface area contributed by atoms with Crippen LogP contribution in [0.15, 0.2) is 18.2 Å². The van der Waals surface area contributed by atoms with Crippen molar-refractivity contribution in [3.05, 3.63) is 23.8 Å². The van der Waals surface area contributed by atoms with Crippen LogP contribution in [0.4, 0.5) is 0 Å². The van der Waals surface area contributed by atoms with Gasteiger partial charge < -0.3 is 15.2 Å². The molecule has 3 unspecified atom stereocenters. The van der Waals surface area contributed by atoms with E-state index < -0.39 is 0 Å². The molecule has 1 aromatic rings. The average Bonchev–Trinajstić information content (AvgIpc) is 2.93. The molecule has 110 valence electrons. The van der Waals surface area contributed by atoms with Crippen LogP contribution in [-0.4, -0.2) is 30.8 Å². The summed E-state index contributed by atoms with van der Waals surface area (Å²) in [4.78, 5) is 2.55. The van der Waals surface area contributed by atoms with E-state index >= 15 is 0 Å². The summed E-state index contributed by atoms with van der Waals surface area (Å²) in [6.45, 7) is 6.77.